The molecular weight excluding hydrogens is 226 g/mol. The van der Waals surface area contributed by atoms with Gasteiger partial charge in [0.05, 0.1) is 11.3 Å². The maximum atomic E-state index is 11.5. The molecule has 2 fully saturated rings. The van der Waals surface area contributed by atoms with Gasteiger partial charge in [-0.1, -0.05) is 0 Å². The second kappa shape index (κ2) is 4.19. The Morgan fingerprint density at radius 1 is 1.28 bits per heavy atom. The number of benzene rings is 1. The first-order valence-electron chi connectivity index (χ1n) is 6.61. The summed E-state index contributed by atoms with van der Waals surface area (Å²) in [6.45, 7) is 1.04. The van der Waals surface area contributed by atoms with Crippen molar-refractivity contribution in [3.63, 3.8) is 0 Å². The van der Waals surface area contributed by atoms with Crippen LogP contribution >= 0.6 is 0 Å². The van der Waals surface area contributed by atoms with Crippen molar-refractivity contribution >= 4 is 17.3 Å². The fourth-order valence-corrected chi connectivity index (χ4v) is 2.40. The Balaban J connectivity index is 1.95. The molecular formula is C14H19N3O. The Labute approximate surface area is 107 Å². The van der Waals surface area contributed by atoms with Crippen molar-refractivity contribution < 1.29 is 4.79 Å². The number of hydrogen-bond donors (Lipinski definition) is 2. The second-order valence-electron chi connectivity index (χ2n) is 5.47. The summed E-state index contributed by atoms with van der Waals surface area (Å²) in [5.41, 5.74) is 13.5. The fraction of sp³-hybridized carbons (Fsp3) is 0.500. The van der Waals surface area contributed by atoms with E-state index in [1.807, 2.05) is 6.07 Å². The van der Waals surface area contributed by atoms with Crippen LogP contribution in [0.1, 0.15) is 36.0 Å². The highest BCUT2D eigenvalue weighted by molar-refractivity contribution is 5.99. The topological polar surface area (TPSA) is 72.3 Å². The predicted octanol–water partition coefficient (Wildman–Crippen LogP) is 1.75. The number of nitrogens with two attached hydrogens (primary N) is 2. The molecule has 2 aliphatic carbocycles. The molecule has 3 rings (SSSR count). The van der Waals surface area contributed by atoms with Gasteiger partial charge >= 0.3 is 0 Å². The van der Waals surface area contributed by atoms with E-state index in [0.717, 1.165) is 18.2 Å². The van der Waals surface area contributed by atoms with Crippen LogP contribution < -0.4 is 16.4 Å². The molecule has 0 bridgehead atoms. The zero-order valence-corrected chi connectivity index (χ0v) is 10.4. The summed E-state index contributed by atoms with van der Waals surface area (Å²) >= 11 is 0. The van der Waals surface area contributed by atoms with Crippen molar-refractivity contribution in [3.8, 4) is 0 Å². The minimum absolute atomic E-state index is 0.369. The lowest BCUT2D eigenvalue weighted by Crippen LogP contribution is -2.30. The number of primary amides is 1. The Morgan fingerprint density at radius 3 is 2.56 bits per heavy atom. The summed E-state index contributed by atoms with van der Waals surface area (Å²) in [6, 6.07) is 5.95. The first-order chi connectivity index (χ1) is 8.65. The van der Waals surface area contributed by atoms with Gasteiger partial charge in [-0.15, -0.1) is 0 Å². The predicted molar refractivity (Wildman–Crippen MR) is 72.5 cm³/mol. The lowest BCUT2D eigenvalue weighted by Gasteiger charge is -2.26. The van der Waals surface area contributed by atoms with Crippen LogP contribution in [0.3, 0.4) is 0 Å². The van der Waals surface area contributed by atoms with Crippen molar-refractivity contribution in [2.24, 2.45) is 11.7 Å². The lowest BCUT2D eigenvalue weighted by molar-refractivity contribution is 0.100. The lowest BCUT2D eigenvalue weighted by atomic mass is 10.1. The van der Waals surface area contributed by atoms with Gasteiger partial charge < -0.3 is 16.4 Å². The number of carbonyl (C=O) groups excluding carboxylic acids is 1. The van der Waals surface area contributed by atoms with Crippen LogP contribution in [-0.4, -0.2) is 18.5 Å². The van der Waals surface area contributed by atoms with E-state index in [1.54, 1.807) is 12.1 Å². The molecule has 96 valence electrons. The zero-order valence-electron chi connectivity index (χ0n) is 10.4. The fourth-order valence-electron chi connectivity index (χ4n) is 2.40. The third-order valence-electron chi connectivity index (χ3n) is 3.74. The maximum absolute atomic E-state index is 11.5. The molecule has 4 N–H and O–H groups in total. The van der Waals surface area contributed by atoms with Crippen LogP contribution in [0.25, 0.3) is 0 Å². The van der Waals surface area contributed by atoms with Crippen LogP contribution in [0.4, 0.5) is 11.4 Å². The molecule has 2 saturated carbocycles. The number of amides is 1. The molecule has 1 aromatic carbocycles. The molecule has 4 heteroatoms. The van der Waals surface area contributed by atoms with Gasteiger partial charge in [0.15, 0.2) is 0 Å². The maximum Gasteiger partial charge on any atom is 0.250 e. The summed E-state index contributed by atoms with van der Waals surface area (Å²) in [5, 5.41) is 0. The van der Waals surface area contributed by atoms with E-state index in [9.17, 15) is 4.79 Å². The number of carbonyl (C=O) groups is 1. The average Bonchev–Trinajstić information content (AvgIpc) is 3.18. The van der Waals surface area contributed by atoms with Gasteiger partial charge in [0.2, 0.25) is 0 Å². The van der Waals surface area contributed by atoms with Crippen LogP contribution in [-0.2, 0) is 0 Å². The molecule has 0 saturated heterocycles. The summed E-state index contributed by atoms with van der Waals surface area (Å²) in [6.07, 6.45) is 5.02. The smallest absolute Gasteiger partial charge is 0.250 e. The van der Waals surface area contributed by atoms with Crippen LogP contribution in [0, 0.1) is 5.92 Å². The minimum Gasteiger partial charge on any atom is -0.399 e. The SMILES string of the molecule is NC(=O)c1ccc(N)cc1N(CC1CC1)C1CC1. The van der Waals surface area contributed by atoms with Crippen molar-refractivity contribution in [2.75, 3.05) is 17.2 Å². The van der Waals surface area contributed by atoms with E-state index in [4.69, 9.17) is 11.5 Å². The highest BCUT2D eigenvalue weighted by atomic mass is 16.1. The van der Waals surface area contributed by atoms with E-state index in [0.29, 0.717) is 17.3 Å². The van der Waals surface area contributed by atoms with Crippen LogP contribution in [0.2, 0.25) is 0 Å². The van der Waals surface area contributed by atoms with Gasteiger partial charge in [-0.2, -0.15) is 0 Å². The highest BCUT2D eigenvalue weighted by Gasteiger charge is 2.35. The molecule has 0 aliphatic heterocycles. The largest absolute Gasteiger partial charge is 0.399 e. The molecule has 1 amide bonds. The van der Waals surface area contributed by atoms with Gasteiger partial charge in [-0.25, -0.2) is 0 Å². The standard InChI is InChI=1S/C14H19N3O/c15-10-3-6-12(14(16)18)13(7-10)17(11-4-5-11)8-9-1-2-9/h3,6-7,9,11H,1-2,4-5,8,15H2,(H2,16,18). The normalized spacial score (nSPS) is 18.7. The van der Waals surface area contributed by atoms with Crippen molar-refractivity contribution in [3.05, 3.63) is 23.8 Å². The second-order valence-corrected chi connectivity index (χ2v) is 5.47. The Morgan fingerprint density at radius 2 is 2.00 bits per heavy atom. The Bertz CT molecular complexity index is 478. The van der Waals surface area contributed by atoms with E-state index >= 15 is 0 Å². The summed E-state index contributed by atoms with van der Waals surface area (Å²) < 4.78 is 0. The summed E-state index contributed by atoms with van der Waals surface area (Å²) in [7, 11) is 0. The number of rotatable bonds is 5. The molecule has 4 nitrogen and oxygen atoms in total. The van der Waals surface area contributed by atoms with E-state index in [2.05, 4.69) is 4.90 Å². The van der Waals surface area contributed by atoms with Crippen molar-refractivity contribution in [1.29, 1.82) is 0 Å². The van der Waals surface area contributed by atoms with Gasteiger partial charge in [-0.3, -0.25) is 4.79 Å². The van der Waals surface area contributed by atoms with Gasteiger partial charge in [0.25, 0.3) is 5.91 Å². The summed E-state index contributed by atoms with van der Waals surface area (Å²) in [4.78, 5) is 13.9. The van der Waals surface area contributed by atoms with Gasteiger partial charge in [-0.05, 0) is 49.8 Å². The van der Waals surface area contributed by atoms with E-state index in [-0.39, 0.29) is 5.91 Å². The molecule has 0 atom stereocenters. The van der Waals surface area contributed by atoms with Gasteiger partial charge in [0.1, 0.15) is 0 Å². The average molecular weight is 245 g/mol. The Kier molecular flexibility index (Phi) is 2.65. The molecule has 2 aliphatic rings. The number of hydrogen-bond acceptors (Lipinski definition) is 3. The first kappa shape index (κ1) is 11.4. The highest BCUT2D eigenvalue weighted by Crippen LogP contribution is 2.39. The molecule has 1 aromatic rings. The monoisotopic (exact) mass is 245 g/mol. The Hall–Kier alpha value is -1.71. The third-order valence-corrected chi connectivity index (χ3v) is 3.74. The molecule has 0 radical (unpaired) electrons. The van der Waals surface area contributed by atoms with E-state index < -0.39 is 0 Å². The summed E-state index contributed by atoms with van der Waals surface area (Å²) in [5.74, 6) is 0.416. The molecule has 0 aromatic heterocycles. The first-order valence-corrected chi connectivity index (χ1v) is 6.61. The third kappa shape index (κ3) is 2.28. The molecule has 0 unspecified atom stereocenters. The van der Waals surface area contributed by atoms with Gasteiger partial charge in [0, 0.05) is 18.3 Å². The quantitative estimate of drug-likeness (QED) is 0.776. The van der Waals surface area contributed by atoms with Crippen LogP contribution in [0.15, 0.2) is 18.2 Å². The number of anilines is 2. The van der Waals surface area contributed by atoms with E-state index in [1.165, 1.54) is 25.7 Å². The number of nitrogen functional groups attached to an aromatic ring is 1. The minimum atomic E-state index is -0.369. The number of nitrogens with zero attached hydrogens (tertiary/aromatic N) is 1. The van der Waals surface area contributed by atoms with Crippen LogP contribution in [0.5, 0.6) is 0 Å². The van der Waals surface area contributed by atoms with Crippen molar-refractivity contribution in [2.45, 2.75) is 31.7 Å². The molecule has 18 heavy (non-hydrogen) atoms. The zero-order chi connectivity index (χ0) is 12.7. The molecule has 0 spiro atoms. The van der Waals surface area contributed by atoms with Crippen molar-refractivity contribution in [1.82, 2.24) is 0 Å². The molecule has 0 heterocycles.